The van der Waals surface area contributed by atoms with Crippen molar-refractivity contribution in [2.24, 2.45) is 0 Å². The maximum Gasteiger partial charge on any atom is 0.342 e. The molecule has 4 rings (SSSR count). The van der Waals surface area contributed by atoms with Crippen molar-refractivity contribution in [3.05, 3.63) is 87.8 Å². The zero-order chi connectivity index (χ0) is 25.5. The Bertz CT molecular complexity index is 1380. The van der Waals surface area contributed by atoms with Gasteiger partial charge in [-0.25, -0.2) is 9.78 Å². The van der Waals surface area contributed by atoms with Gasteiger partial charge in [-0.1, -0.05) is 41.9 Å². The number of carboxylic acids is 1. The van der Waals surface area contributed by atoms with Crippen molar-refractivity contribution in [3.63, 3.8) is 0 Å². The Morgan fingerprint density at radius 1 is 1.06 bits per heavy atom. The Balaban J connectivity index is 1.56. The van der Waals surface area contributed by atoms with Gasteiger partial charge in [0, 0.05) is 22.2 Å². The number of aliphatic carboxylic acids is 1. The molecular weight excluding hydrogens is 502 g/mol. The first-order chi connectivity index (χ1) is 17.4. The normalized spacial score (nSPS) is 11.2. The molecule has 1 heterocycles. The summed E-state index contributed by atoms with van der Waals surface area (Å²) >= 11 is 6.97. The van der Waals surface area contributed by atoms with Crippen LogP contribution < -0.4 is 14.2 Å². The third kappa shape index (κ3) is 6.38. The van der Waals surface area contributed by atoms with Gasteiger partial charge in [0.1, 0.15) is 28.8 Å². The number of hydrogen-bond acceptors (Lipinski definition) is 7. The van der Waals surface area contributed by atoms with Crippen LogP contribution in [0.5, 0.6) is 17.2 Å². The molecule has 0 spiro atoms. The number of para-hydroxylation sites is 1. The zero-order valence-corrected chi connectivity index (χ0v) is 21.0. The third-order valence-corrected chi connectivity index (χ3v) is 6.10. The molecule has 8 nitrogen and oxygen atoms in total. The fourth-order valence-corrected chi connectivity index (χ4v) is 4.17. The molecule has 0 unspecified atom stereocenters. The lowest BCUT2D eigenvalue weighted by Gasteiger charge is -2.10. The Morgan fingerprint density at radius 3 is 2.50 bits per heavy atom. The number of H-pyrrole nitrogens is 1. The summed E-state index contributed by atoms with van der Waals surface area (Å²) in [6.07, 6.45) is 1.53. The van der Waals surface area contributed by atoms with E-state index in [0.717, 1.165) is 17.3 Å². The fraction of sp³-hybridized carbons (Fsp3) is 0.115. The number of aromatic nitrogens is 3. The van der Waals surface area contributed by atoms with Gasteiger partial charge in [-0.15, -0.1) is 5.10 Å². The van der Waals surface area contributed by atoms with Crippen LogP contribution in [-0.4, -0.2) is 40.5 Å². The highest BCUT2D eigenvalue weighted by Gasteiger charge is 2.16. The number of carbonyl (C=O) groups is 1. The molecule has 0 atom stereocenters. The van der Waals surface area contributed by atoms with E-state index in [-0.39, 0.29) is 16.7 Å². The molecule has 1 aromatic heterocycles. The molecule has 0 aliphatic rings. The maximum atomic E-state index is 12.0. The van der Waals surface area contributed by atoms with E-state index < -0.39 is 5.97 Å². The highest BCUT2D eigenvalue weighted by Crippen LogP contribution is 2.32. The smallest absolute Gasteiger partial charge is 0.342 e. The average Bonchev–Trinajstić information content (AvgIpc) is 3.36. The molecule has 0 saturated carbocycles. The van der Waals surface area contributed by atoms with E-state index in [2.05, 4.69) is 15.2 Å². The summed E-state index contributed by atoms with van der Waals surface area (Å²) in [4.78, 5) is 16.5. The highest BCUT2D eigenvalue weighted by molar-refractivity contribution is 8.04. The van der Waals surface area contributed by atoms with Crippen LogP contribution in [0, 0.1) is 0 Å². The van der Waals surface area contributed by atoms with Crippen molar-refractivity contribution in [3.8, 4) is 28.6 Å². The number of carboxylic acid groups (broad SMARTS) is 1. The van der Waals surface area contributed by atoms with Crippen molar-refractivity contribution >= 4 is 35.4 Å². The van der Waals surface area contributed by atoms with E-state index in [1.807, 2.05) is 30.3 Å². The van der Waals surface area contributed by atoms with E-state index in [1.54, 1.807) is 50.6 Å². The van der Waals surface area contributed by atoms with Gasteiger partial charge in [-0.3, -0.25) is 5.10 Å². The Kier molecular flexibility index (Phi) is 8.14. The molecule has 0 radical (unpaired) electrons. The van der Waals surface area contributed by atoms with E-state index in [4.69, 9.17) is 25.8 Å². The molecule has 3 aromatic carbocycles. The summed E-state index contributed by atoms with van der Waals surface area (Å²) in [5.41, 5.74) is 2.19. The van der Waals surface area contributed by atoms with Crippen LogP contribution in [0.2, 0.25) is 5.02 Å². The largest absolute Gasteiger partial charge is 0.497 e. The van der Waals surface area contributed by atoms with Crippen LogP contribution in [0.25, 0.3) is 17.5 Å². The lowest BCUT2D eigenvalue weighted by molar-refractivity contribution is -0.131. The van der Waals surface area contributed by atoms with Gasteiger partial charge in [0.25, 0.3) is 0 Å². The molecule has 0 aliphatic carbocycles. The van der Waals surface area contributed by atoms with Crippen molar-refractivity contribution < 1.29 is 24.1 Å². The van der Waals surface area contributed by atoms with Gasteiger partial charge in [0.15, 0.2) is 5.82 Å². The first-order valence-electron chi connectivity index (χ1n) is 10.7. The molecule has 10 heteroatoms. The number of nitrogens with zero attached hydrogens (tertiary/aromatic N) is 2. The van der Waals surface area contributed by atoms with Gasteiger partial charge in [-0.2, -0.15) is 0 Å². The van der Waals surface area contributed by atoms with E-state index >= 15 is 0 Å². The fourth-order valence-electron chi connectivity index (χ4n) is 3.26. The number of halogens is 1. The van der Waals surface area contributed by atoms with Gasteiger partial charge in [0.2, 0.25) is 5.16 Å². The quantitative estimate of drug-likeness (QED) is 0.194. The van der Waals surface area contributed by atoms with E-state index in [0.29, 0.717) is 39.2 Å². The third-order valence-electron chi connectivity index (χ3n) is 4.99. The summed E-state index contributed by atoms with van der Waals surface area (Å²) in [5, 5.41) is 17.7. The number of aromatic amines is 1. The molecule has 4 aromatic rings. The molecule has 0 fully saturated rings. The minimum atomic E-state index is -1.11. The molecule has 0 bridgehead atoms. The van der Waals surface area contributed by atoms with Crippen LogP contribution >= 0.6 is 23.4 Å². The predicted octanol–water partition coefficient (Wildman–Crippen LogP) is 5.94. The average molecular weight is 524 g/mol. The van der Waals surface area contributed by atoms with Crippen molar-refractivity contribution in [1.82, 2.24) is 15.2 Å². The molecule has 36 heavy (non-hydrogen) atoms. The Morgan fingerprint density at radius 2 is 1.81 bits per heavy atom. The molecule has 0 saturated heterocycles. The summed E-state index contributed by atoms with van der Waals surface area (Å²) in [6, 6.07) is 19.8. The van der Waals surface area contributed by atoms with E-state index in [9.17, 15) is 9.90 Å². The van der Waals surface area contributed by atoms with Gasteiger partial charge in [0.05, 0.1) is 14.2 Å². The lowest BCUT2D eigenvalue weighted by atomic mass is 10.2. The number of rotatable bonds is 10. The van der Waals surface area contributed by atoms with Crippen molar-refractivity contribution in [1.29, 1.82) is 0 Å². The van der Waals surface area contributed by atoms with Crippen LogP contribution in [0.4, 0.5) is 0 Å². The Labute approximate surface area is 216 Å². The van der Waals surface area contributed by atoms with Crippen LogP contribution in [0.1, 0.15) is 11.1 Å². The van der Waals surface area contributed by atoms with Crippen molar-refractivity contribution in [2.45, 2.75) is 11.8 Å². The standard InChI is InChI=1S/C26H22ClN3O5S/c1-33-20-11-18(12-21(14-20)34-2)24-28-26(30-29-24)36-23(25(31)32)13-17-7-3-4-9-22(17)35-15-16-6-5-8-19(27)10-16/h3-14H,15H2,1-2H3,(H,31,32)(H,28,29,30)/b23-13-. The van der Waals surface area contributed by atoms with E-state index in [1.165, 1.54) is 6.08 Å². The molecular formula is C26H22ClN3O5S. The molecule has 0 amide bonds. The highest BCUT2D eigenvalue weighted by atomic mass is 35.5. The maximum absolute atomic E-state index is 12.0. The second kappa shape index (κ2) is 11.7. The molecule has 184 valence electrons. The minimum absolute atomic E-state index is 0.0302. The molecule has 2 N–H and O–H groups in total. The first kappa shape index (κ1) is 25.2. The number of thioether (sulfide) groups is 1. The summed E-state index contributed by atoms with van der Waals surface area (Å²) in [7, 11) is 3.11. The van der Waals surface area contributed by atoms with Crippen LogP contribution in [0.3, 0.4) is 0 Å². The second-order valence-electron chi connectivity index (χ2n) is 7.44. The number of nitrogens with one attached hydrogen (secondary N) is 1. The number of hydrogen-bond donors (Lipinski definition) is 2. The topological polar surface area (TPSA) is 107 Å². The first-order valence-corrected chi connectivity index (χ1v) is 11.9. The monoisotopic (exact) mass is 523 g/mol. The summed E-state index contributed by atoms with van der Waals surface area (Å²) in [6.45, 7) is 0.287. The van der Waals surface area contributed by atoms with Crippen LogP contribution in [0.15, 0.2) is 76.8 Å². The Hall–Kier alpha value is -3.95. The molecule has 0 aliphatic heterocycles. The van der Waals surface area contributed by atoms with Crippen molar-refractivity contribution in [2.75, 3.05) is 14.2 Å². The van der Waals surface area contributed by atoms with Crippen LogP contribution in [-0.2, 0) is 11.4 Å². The zero-order valence-electron chi connectivity index (χ0n) is 19.4. The SMILES string of the molecule is COc1cc(OC)cc(-c2nc(S/C(=C\c3ccccc3OCc3cccc(Cl)c3)C(=O)O)n[nH]2)c1. The lowest BCUT2D eigenvalue weighted by Crippen LogP contribution is -2.00. The second-order valence-corrected chi connectivity index (χ2v) is 8.89. The number of benzene rings is 3. The van der Waals surface area contributed by atoms with Gasteiger partial charge >= 0.3 is 5.97 Å². The van der Waals surface area contributed by atoms with Gasteiger partial charge < -0.3 is 19.3 Å². The predicted molar refractivity (Wildman–Crippen MR) is 139 cm³/mol. The number of ether oxygens (including phenoxy) is 3. The van der Waals surface area contributed by atoms with Gasteiger partial charge in [-0.05, 0) is 53.7 Å². The number of methoxy groups -OCH3 is 2. The minimum Gasteiger partial charge on any atom is -0.497 e. The summed E-state index contributed by atoms with van der Waals surface area (Å²) in [5.74, 6) is 1.06. The summed E-state index contributed by atoms with van der Waals surface area (Å²) < 4.78 is 16.5.